The van der Waals surface area contributed by atoms with Crippen LogP contribution in [0.3, 0.4) is 0 Å². The number of hydrogen-bond donors (Lipinski definition) is 2. The molecule has 1 unspecified atom stereocenters. The van der Waals surface area contributed by atoms with Gasteiger partial charge in [-0.3, -0.25) is 10.5 Å². The molecular formula is C12H14BrFN4. The fourth-order valence-electron chi connectivity index (χ4n) is 1.94. The van der Waals surface area contributed by atoms with E-state index in [1.54, 1.807) is 29.1 Å². The van der Waals surface area contributed by atoms with Crippen LogP contribution in [0.4, 0.5) is 4.39 Å². The summed E-state index contributed by atoms with van der Waals surface area (Å²) in [6.07, 6.45) is 1.68. The predicted molar refractivity (Wildman–Crippen MR) is 71.2 cm³/mol. The second-order valence-electron chi connectivity index (χ2n) is 3.81. The van der Waals surface area contributed by atoms with Gasteiger partial charge in [0.2, 0.25) is 0 Å². The minimum absolute atomic E-state index is 0.295. The third kappa shape index (κ3) is 2.31. The molecule has 0 aliphatic carbocycles. The highest BCUT2D eigenvalue weighted by Crippen LogP contribution is 2.29. The molecule has 1 aromatic heterocycles. The van der Waals surface area contributed by atoms with Crippen molar-refractivity contribution < 1.29 is 4.39 Å². The Bertz CT molecular complexity index is 541. The summed E-state index contributed by atoms with van der Waals surface area (Å²) in [5.41, 5.74) is 3.95. The Morgan fingerprint density at radius 1 is 1.50 bits per heavy atom. The maximum atomic E-state index is 13.8. The maximum Gasteiger partial charge on any atom is 0.128 e. The van der Waals surface area contributed by atoms with Crippen LogP contribution in [-0.2, 0) is 6.54 Å². The van der Waals surface area contributed by atoms with Gasteiger partial charge in [0.1, 0.15) is 5.82 Å². The zero-order valence-corrected chi connectivity index (χ0v) is 11.5. The van der Waals surface area contributed by atoms with E-state index in [0.29, 0.717) is 12.1 Å². The van der Waals surface area contributed by atoms with Crippen LogP contribution in [0.5, 0.6) is 0 Å². The van der Waals surface area contributed by atoms with E-state index >= 15 is 0 Å². The third-order valence-corrected chi connectivity index (χ3v) is 3.40. The standard InChI is InChI=1S/C12H14BrFN4/c1-2-18-12(9(13)7-16-18)11(17-15)8-5-3-4-6-10(8)14/h3-7,11,17H,2,15H2,1H3. The highest BCUT2D eigenvalue weighted by Gasteiger charge is 2.22. The van der Waals surface area contributed by atoms with Crippen LogP contribution in [0.15, 0.2) is 34.9 Å². The fourth-order valence-corrected chi connectivity index (χ4v) is 2.46. The van der Waals surface area contributed by atoms with Gasteiger partial charge in [0.15, 0.2) is 0 Å². The van der Waals surface area contributed by atoms with E-state index in [4.69, 9.17) is 5.84 Å². The summed E-state index contributed by atoms with van der Waals surface area (Å²) >= 11 is 3.42. The van der Waals surface area contributed by atoms with E-state index in [2.05, 4.69) is 26.5 Å². The molecule has 0 amide bonds. The number of benzene rings is 1. The quantitative estimate of drug-likeness (QED) is 0.673. The zero-order valence-electron chi connectivity index (χ0n) is 9.90. The first kappa shape index (κ1) is 13.2. The summed E-state index contributed by atoms with van der Waals surface area (Å²) in [7, 11) is 0. The number of rotatable bonds is 4. The van der Waals surface area contributed by atoms with Crippen molar-refractivity contribution in [3.05, 3.63) is 52.0 Å². The first-order valence-electron chi connectivity index (χ1n) is 5.60. The summed E-state index contributed by atoms with van der Waals surface area (Å²) in [5, 5.41) is 4.21. The SMILES string of the molecule is CCn1ncc(Br)c1C(NN)c1ccccc1F. The molecule has 4 nitrogen and oxygen atoms in total. The van der Waals surface area contributed by atoms with Crippen molar-refractivity contribution in [2.75, 3.05) is 0 Å². The van der Waals surface area contributed by atoms with E-state index in [1.807, 2.05) is 6.92 Å². The molecule has 0 fully saturated rings. The highest BCUT2D eigenvalue weighted by molar-refractivity contribution is 9.10. The molecular weight excluding hydrogens is 299 g/mol. The minimum Gasteiger partial charge on any atom is -0.271 e. The van der Waals surface area contributed by atoms with E-state index in [-0.39, 0.29) is 5.82 Å². The van der Waals surface area contributed by atoms with Gasteiger partial charge in [0.25, 0.3) is 0 Å². The Kier molecular flexibility index (Phi) is 4.11. The summed E-state index contributed by atoms with van der Waals surface area (Å²) in [6, 6.07) is 6.12. The van der Waals surface area contributed by atoms with Crippen LogP contribution < -0.4 is 11.3 Å². The number of nitrogens with two attached hydrogens (primary N) is 1. The smallest absolute Gasteiger partial charge is 0.128 e. The monoisotopic (exact) mass is 312 g/mol. The number of aryl methyl sites for hydroxylation is 1. The van der Waals surface area contributed by atoms with Crippen LogP contribution in [0.1, 0.15) is 24.2 Å². The lowest BCUT2D eigenvalue weighted by Crippen LogP contribution is -2.31. The number of nitrogens with one attached hydrogen (secondary N) is 1. The Hall–Kier alpha value is -1.24. The topological polar surface area (TPSA) is 55.9 Å². The largest absolute Gasteiger partial charge is 0.271 e. The molecule has 18 heavy (non-hydrogen) atoms. The normalized spacial score (nSPS) is 12.7. The van der Waals surface area contributed by atoms with Crippen molar-refractivity contribution in [3.8, 4) is 0 Å². The molecule has 6 heteroatoms. The lowest BCUT2D eigenvalue weighted by atomic mass is 10.0. The third-order valence-electron chi connectivity index (χ3n) is 2.79. The second-order valence-corrected chi connectivity index (χ2v) is 4.67. The number of aromatic nitrogens is 2. The van der Waals surface area contributed by atoms with Gasteiger partial charge in [-0.05, 0) is 28.9 Å². The molecule has 0 saturated heterocycles. The first-order valence-corrected chi connectivity index (χ1v) is 6.40. The molecule has 2 rings (SSSR count). The number of nitrogens with zero attached hydrogens (tertiary/aromatic N) is 2. The van der Waals surface area contributed by atoms with Gasteiger partial charge in [-0.25, -0.2) is 9.82 Å². The van der Waals surface area contributed by atoms with Crippen molar-refractivity contribution >= 4 is 15.9 Å². The molecule has 3 N–H and O–H groups in total. The fraction of sp³-hybridized carbons (Fsp3) is 0.250. The summed E-state index contributed by atoms with van der Waals surface area (Å²) in [5.74, 6) is 5.28. The molecule has 0 saturated carbocycles. The molecule has 0 bridgehead atoms. The minimum atomic E-state index is -0.442. The Morgan fingerprint density at radius 2 is 2.22 bits per heavy atom. The molecule has 1 atom stereocenters. The molecule has 0 aliphatic rings. The van der Waals surface area contributed by atoms with Gasteiger partial charge >= 0.3 is 0 Å². The lowest BCUT2D eigenvalue weighted by Gasteiger charge is -2.19. The van der Waals surface area contributed by atoms with Crippen molar-refractivity contribution in [1.29, 1.82) is 0 Å². The van der Waals surface area contributed by atoms with Crippen molar-refractivity contribution in [2.45, 2.75) is 19.5 Å². The van der Waals surface area contributed by atoms with E-state index in [1.165, 1.54) is 6.07 Å². The first-order chi connectivity index (χ1) is 8.69. The van der Waals surface area contributed by atoms with Crippen molar-refractivity contribution in [3.63, 3.8) is 0 Å². The van der Waals surface area contributed by atoms with Crippen LogP contribution >= 0.6 is 15.9 Å². The van der Waals surface area contributed by atoms with E-state index in [0.717, 1.165) is 10.2 Å². The van der Waals surface area contributed by atoms with Crippen LogP contribution in [0.25, 0.3) is 0 Å². The van der Waals surface area contributed by atoms with Gasteiger partial charge in [0, 0.05) is 12.1 Å². The molecule has 0 aliphatic heterocycles. The average molecular weight is 313 g/mol. The summed E-state index contributed by atoms with van der Waals surface area (Å²) < 4.78 is 16.4. The number of hydrazine groups is 1. The van der Waals surface area contributed by atoms with Crippen molar-refractivity contribution in [1.82, 2.24) is 15.2 Å². The van der Waals surface area contributed by atoms with Gasteiger partial charge in [0.05, 0.1) is 22.4 Å². The number of halogens is 2. The molecule has 1 aromatic carbocycles. The van der Waals surface area contributed by atoms with Gasteiger partial charge in [-0.15, -0.1) is 0 Å². The van der Waals surface area contributed by atoms with Crippen LogP contribution in [0, 0.1) is 5.82 Å². The second kappa shape index (κ2) is 5.60. The number of hydrogen-bond acceptors (Lipinski definition) is 3. The molecule has 96 valence electrons. The van der Waals surface area contributed by atoms with E-state index < -0.39 is 6.04 Å². The molecule has 1 heterocycles. The Labute approximate surface area is 113 Å². The lowest BCUT2D eigenvalue weighted by molar-refractivity contribution is 0.515. The predicted octanol–water partition coefficient (Wildman–Crippen LogP) is 2.36. The molecule has 2 aromatic rings. The van der Waals surface area contributed by atoms with Gasteiger partial charge in [-0.2, -0.15) is 5.10 Å². The maximum absolute atomic E-state index is 13.8. The summed E-state index contributed by atoms with van der Waals surface area (Å²) in [4.78, 5) is 0. The summed E-state index contributed by atoms with van der Waals surface area (Å²) in [6.45, 7) is 2.66. The van der Waals surface area contributed by atoms with Gasteiger partial charge < -0.3 is 0 Å². The highest BCUT2D eigenvalue weighted by atomic mass is 79.9. The molecule has 0 radical (unpaired) electrons. The zero-order chi connectivity index (χ0) is 13.1. The average Bonchev–Trinajstić information content (AvgIpc) is 2.74. The Morgan fingerprint density at radius 3 is 2.83 bits per heavy atom. The van der Waals surface area contributed by atoms with Crippen LogP contribution in [-0.4, -0.2) is 9.78 Å². The van der Waals surface area contributed by atoms with Crippen molar-refractivity contribution in [2.24, 2.45) is 5.84 Å². The van der Waals surface area contributed by atoms with E-state index in [9.17, 15) is 4.39 Å². The Balaban J connectivity index is 2.52. The van der Waals surface area contributed by atoms with Gasteiger partial charge in [-0.1, -0.05) is 18.2 Å². The molecule has 0 spiro atoms. The van der Waals surface area contributed by atoms with Crippen LogP contribution in [0.2, 0.25) is 0 Å².